The van der Waals surface area contributed by atoms with E-state index in [1.807, 2.05) is 19.1 Å². The summed E-state index contributed by atoms with van der Waals surface area (Å²) >= 11 is 6.24. The van der Waals surface area contributed by atoms with Gasteiger partial charge in [0.2, 0.25) is 0 Å². The van der Waals surface area contributed by atoms with Gasteiger partial charge in [-0.2, -0.15) is 0 Å². The zero-order valence-electron chi connectivity index (χ0n) is 9.78. The van der Waals surface area contributed by atoms with Crippen molar-refractivity contribution in [2.75, 3.05) is 0 Å². The summed E-state index contributed by atoms with van der Waals surface area (Å²) in [7, 11) is 0. The molecule has 0 bridgehead atoms. The van der Waals surface area contributed by atoms with E-state index in [4.69, 9.17) is 17.3 Å². The van der Waals surface area contributed by atoms with Crippen LogP contribution in [0.1, 0.15) is 18.1 Å². The summed E-state index contributed by atoms with van der Waals surface area (Å²) < 4.78 is 2.24. The fourth-order valence-corrected chi connectivity index (χ4v) is 2.84. The predicted molar refractivity (Wildman–Crippen MR) is 71.3 cm³/mol. The number of rotatable bonds is 2. The van der Waals surface area contributed by atoms with Gasteiger partial charge in [-0.25, -0.2) is 0 Å². The van der Waals surface area contributed by atoms with E-state index in [9.17, 15) is 0 Å². The molecule has 1 heterocycles. The van der Waals surface area contributed by atoms with Crippen LogP contribution in [0.4, 0.5) is 0 Å². The molecule has 2 aromatic rings. The Kier molecular flexibility index (Phi) is 2.49. The van der Waals surface area contributed by atoms with Crippen molar-refractivity contribution in [2.24, 2.45) is 5.73 Å². The summed E-state index contributed by atoms with van der Waals surface area (Å²) in [6.45, 7) is 2.88. The van der Waals surface area contributed by atoms with Crippen molar-refractivity contribution in [1.29, 1.82) is 0 Å². The maximum Gasteiger partial charge on any atom is 0.0520 e. The van der Waals surface area contributed by atoms with Crippen LogP contribution in [0.3, 0.4) is 0 Å². The molecule has 1 aliphatic carbocycles. The first-order chi connectivity index (χ1) is 8.16. The highest BCUT2D eigenvalue weighted by molar-refractivity contribution is 6.32. The minimum absolute atomic E-state index is 0.162. The van der Waals surface area contributed by atoms with Gasteiger partial charge >= 0.3 is 0 Å². The second-order valence-corrected chi connectivity index (χ2v) is 5.17. The van der Waals surface area contributed by atoms with Crippen molar-refractivity contribution in [1.82, 2.24) is 4.57 Å². The Morgan fingerprint density at radius 2 is 2.24 bits per heavy atom. The van der Waals surface area contributed by atoms with Gasteiger partial charge in [-0.15, -0.1) is 0 Å². The van der Waals surface area contributed by atoms with Gasteiger partial charge in [-0.05, 0) is 30.2 Å². The molecule has 0 saturated carbocycles. The van der Waals surface area contributed by atoms with Crippen molar-refractivity contribution in [2.45, 2.75) is 25.9 Å². The molecule has 88 valence electrons. The van der Waals surface area contributed by atoms with E-state index in [-0.39, 0.29) is 6.04 Å². The van der Waals surface area contributed by atoms with Gasteiger partial charge in [0.05, 0.1) is 5.69 Å². The first-order valence-corrected chi connectivity index (χ1v) is 6.26. The first kappa shape index (κ1) is 10.9. The van der Waals surface area contributed by atoms with Crippen LogP contribution in [0, 0.1) is 0 Å². The van der Waals surface area contributed by atoms with Crippen molar-refractivity contribution in [3.8, 4) is 11.3 Å². The summed E-state index contributed by atoms with van der Waals surface area (Å²) in [4.78, 5) is 0. The van der Waals surface area contributed by atoms with Crippen LogP contribution in [0.2, 0.25) is 5.02 Å². The quantitative estimate of drug-likeness (QED) is 0.740. The minimum Gasteiger partial charge on any atom is -0.346 e. The van der Waals surface area contributed by atoms with Gasteiger partial charge in [-0.3, -0.25) is 0 Å². The maximum atomic E-state index is 6.24. The van der Waals surface area contributed by atoms with Crippen molar-refractivity contribution in [3.05, 3.63) is 46.6 Å². The molecular formula is C14H15ClN2. The Hall–Kier alpha value is -1.25. The van der Waals surface area contributed by atoms with Crippen LogP contribution >= 0.6 is 11.6 Å². The van der Waals surface area contributed by atoms with E-state index in [1.54, 1.807) is 0 Å². The molecule has 1 aromatic carbocycles. The lowest BCUT2D eigenvalue weighted by Crippen LogP contribution is -2.22. The molecule has 0 amide bonds. The third-order valence-corrected chi connectivity index (χ3v) is 3.63. The average Bonchev–Trinajstić information content (AvgIpc) is 2.79. The van der Waals surface area contributed by atoms with Gasteiger partial charge in [0.15, 0.2) is 0 Å². The molecular weight excluding hydrogens is 232 g/mol. The maximum absolute atomic E-state index is 6.24. The molecule has 1 atom stereocenters. The number of hydrogen-bond acceptors (Lipinski definition) is 1. The van der Waals surface area contributed by atoms with Crippen LogP contribution in [-0.2, 0) is 13.0 Å². The van der Waals surface area contributed by atoms with Gasteiger partial charge in [0.25, 0.3) is 0 Å². The molecule has 1 aliphatic rings. The van der Waals surface area contributed by atoms with E-state index in [0.717, 1.165) is 18.0 Å². The number of nitrogens with zero attached hydrogens (tertiary/aromatic N) is 1. The van der Waals surface area contributed by atoms with Crippen molar-refractivity contribution < 1.29 is 0 Å². The highest BCUT2D eigenvalue weighted by Gasteiger charge is 2.23. The second kappa shape index (κ2) is 3.90. The molecule has 0 saturated heterocycles. The Morgan fingerprint density at radius 1 is 1.41 bits per heavy atom. The normalized spacial score (nSPS) is 14.5. The number of hydrogen-bond donors (Lipinski definition) is 1. The fraction of sp³-hybridized carbons (Fsp3) is 0.286. The Labute approximate surface area is 106 Å². The van der Waals surface area contributed by atoms with E-state index in [2.05, 4.69) is 22.9 Å². The largest absolute Gasteiger partial charge is 0.346 e. The fourth-order valence-electron chi connectivity index (χ4n) is 2.60. The standard InChI is InChI=1S/C14H15ClN2/c1-9(16)8-17-6-5-10-7-12-11(14(10)17)3-2-4-13(12)15/h2-6,9H,7-8,16H2,1H3/t9-/m1/s1. The zero-order chi connectivity index (χ0) is 12.0. The van der Waals surface area contributed by atoms with Crippen LogP contribution < -0.4 is 5.73 Å². The number of nitrogens with two attached hydrogens (primary N) is 1. The lowest BCUT2D eigenvalue weighted by molar-refractivity contribution is 0.596. The van der Waals surface area contributed by atoms with Crippen LogP contribution in [0.5, 0.6) is 0 Å². The molecule has 3 rings (SSSR count). The number of halogens is 1. The monoisotopic (exact) mass is 246 g/mol. The molecule has 0 fully saturated rings. The third kappa shape index (κ3) is 1.68. The molecule has 0 spiro atoms. The van der Waals surface area contributed by atoms with Gasteiger partial charge in [0, 0.05) is 35.8 Å². The van der Waals surface area contributed by atoms with Gasteiger partial charge < -0.3 is 10.3 Å². The lowest BCUT2D eigenvalue weighted by Gasteiger charge is -2.11. The highest BCUT2D eigenvalue weighted by Crippen LogP contribution is 2.40. The smallest absolute Gasteiger partial charge is 0.0520 e. The second-order valence-electron chi connectivity index (χ2n) is 4.76. The van der Waals surface area contributed by atoms with Crippen LogP contribution in [0.15, 0.2) is 30.5 Å². The Balaban J connectivity index is 2.13. The Morgan fingerprint density at radius 3 is 3.00 bits per heavy atom. The van der Waals surface area contributed by atoms with E-state index in [1.165, 1.54) is 22.4 Å². The van der Waals surface area contributed by atoms with Gasteiger partial charge in [0.1, 0.15) is 0 Å². The zero-order valence-corrected chi connectivity index (χ0v) is 10.5. The summed E-state index contributed by atoms with van der Waals surface area (Å²) in [5.41, 5.74) is 11.0. The van der Waals surface area contributed by atoms with Crippen LogP contribution in [-0.4, -0.2) is 10.6 Å². The van der Waals surface area contributed by atoms with Crippen molar-refractivity contribution in [3.63, 3.8) is 0 Å². The topological polar surface area (TPSA) is 30.9 Å². The van der Waals surface area contributed by atoms with Crippen molar-refractivity contribution >= 4 is 11.6 Å². The molecule has 2 N–H and O–H groups in total. The highest BCUT2D eigenvalue weighted by atomic mass is 35.5. The number of benzene rings is 1. The minimum atomic E-state index is 0.162. The summed E-state index contributed by atoms with van der Waals surface area (Å²) in [5.74, 6) is 0. The molecule has 1 aromatic heterocycles. The summed E-state index contributed by atoms with van der Waals surface area (Å²) in [6, 6.07) is 8.45. The lowest BCUT2D eigenvalue weighted by atomic mass is 10.1. The molecule has 17 heavy (non-hydrogen) atoms. The van der Waals surface area contributed by atoms with E-state index >= 15 is 0 Å². The average molecular weight is 247 g/mol. The predicted octanol–water partition coefficient (Wildman–Crippen LogP) is 3.06. The van der Waals surface area contributed by atoms with Crippen LogP contribution in [0.25, 0.3) is 11.3 Å². The molecule has 0 radical (unpaired) electrons. The molecule has 0 unspecified atom stereocenters. The van der Waals surface area contributed by atoms with E-state index < -0.39 is 0 Å². The Bertz CT molecular complexity index is 570. The van der Waals surface area contributed by atoms with E-state index in [0.29, 0.717) is 0 Å². The summed E-state index contributed by atoms with van der Waals surface area (Å²) in [6.07, 6.45) is 3.06. The molecule has 2 nitrogen and oxygen atoms in total. The number of fused-ring (bicyclic) bond motifs is 3. The summed E-state index contributed by atoms with van der Waals surface area (Å²) in [5, 5.41) is 0.867. The third-order valence-electron chi connectivity index (χ3n) is 3.27. The van der Waals surface area contributed by atoms with Gasteiger partial charge in [-0.1, -0.05) is 23.7 Å². The number of aromatic nitrogens is 1. The molecule has 3 heteroatoms. The SMILES string of the molecule is C[C@@H](N)Cn1ccc2c1-c1cccc(Cl)c1C2. The molecule has 0 aliphatic heterocycles. The first-order valence-electron chi connectivity index (χ1n) is 5.88.